The summed E-state index contributed by atoms with van der Waals surface area (Å²) in [7, 11) is 0. The molecule has 1 aliphatic heterocycles. The number of carbonyl (C=O) groups excluding carboxylic acids is 1. The highest BCUT2D eigenvalue weighted by molar-refractivity contribution is 7.22. The predicted octanol–water partition coefficient (Wildman–Crippen LogP) is 9.65. The summed E-state index contributed by atoms with van der Waals surface area (Å²) in [6.45, 7) is 16.3. The van der Waals surface area contributed by atoms with Crippen LogP contribution in [0.2, 0.25) is 0 Å². The van der Waals surface area contributed by atoms with Crippen molar-refractivity contribution in [3.05, 3.63) is 82.5 Å². The van der Waals surface area contributed by atoms with Crippen LogP contribution in [0.15, 0.2) is 65.8 Å². The van der Waals surface area contributed by atoms with Gasteiger partial charge in [-0.15, -0.1) is 11.3 Å². The highest BCUT2D eigenvalue weighted by Gasteiger charge is 2.45. The van der Waals surface area contributed by atoms with Crippen LogP contribution >= 0.6 is 11.3 Å². The normalized spacial score (nSPS) is 18.8. The Labute approximate surface area is 239 Å². The van der Waals surface area contributed by atoms with E-state index >= 15 is 0 Å². The van der Waals surface area contributed by atoms with Gasteiger partial charge in [-0.2, -0.15) is 0 Å². The molecular weight excluding hydrogens is 494 g/mol. The molecule has 39 heavy (non-hydrogen) atoms. The number of carbonyl (C=O) groups is 1. The fourth-order valence-corrected chi connectivity index (χ4v) is 7.26. The Morgan fingerprint density at radius 1 is 1.08 bits per heavy atom. The Morgan fingerprint density at radius 3 is 2.51 bits per heavy atom. The second-order valence-corrected chi connectivity index (χ2v) is 13.4. The van der Waals surface area contributed by atoms with Crippen LogP contribution in [0, 0.1) is 18.8 Å². The second-order valence-electron chi connectivity index (χ2n) is 12.3. The lowest BCUT2D eigenvalue weighted by molar-refractivity contribution is -0.128. The van der Waals surface area contributed by atoms with Crippen molar-refractivity contribution < 1.29 is 4.79 Å². The van der Waals surface area contributed by atoms with Crippen LogP contribution in [0.3, 0.4) is 0 Å². The van der Waals surface area contributed by atoms with Gasteiger partial charge in [0.2, 0.25) is 0 Å². The van der Waals surface area contributed by atoms with Crippen LogP contribution in [0.1, 0.15) is 83.4 Å². The van der Waals surface area contributed by atoms with E-state index in [0.29, 0.717) is 11.7 Å². The molecule has 1 aliphatic carbocycles. The zero-order valence-electron chi connectivity index (χ0n) is 24.8. The van der Waals surface area contributed by atoms with Crippen LogP contribution in [0.4, 0.5) is 0 Å². The maximum atomic E-state index is 12.1. The molecule has 1 atom stereocenters. The van der Waals surface area contributed by atoms with Crippen molar-refractivity contribution in [3.8, 4) is 10.4 Å². The zero-order valence-corrected chi connectivity index (χ0v) is 25.6. The first-order chi connectivity index (χ1) is 18.7. The van der Waals surface area contributed by atoms with Crippen LogP contribution in [0.25, 0.3) is 20.5 Å². The third-order valence-electron chi connectivity index (χ3n) is 9.43. The van der Waals surface area contributed by atoms with Crippen molar-refractivity contribution in [2.45, 2.75) is 85.6 Å². The van der Waals surface area contributed by atoms with Gasteiger partial charge in [0, 0.05) is 47.0 Å². The Balaban J connectivity index is 1.30. The largest absolute Gasteiger partial charge is 0.299 e. The molecule has 2 aromatic carbocycles. The zero-order chi connectivity index (χ0) is 27.7. The molecule has 0 radical (unpaired) electrons. The van der Waals surface area contributed by atoms with Gasteiger partial charge in [0.25, 0.3) is 0 Å². The SMILES string of the molecule is CCCC(=O)C1CN(Cc2ccc(-c3cc4cc(C5(/C(C)=C/C=C(/C)C(C)CC)CC5)ccc4s3)c(C)c2)C1. The minimum Gasteiger partial charge on any atom is -0.299 e. The highest BCUT2D eigenvalue weighted by atomic mass is 32.1. The standard InChI is InChI=1S/C36H45NOS/c1-7-9-33(38)30-22-37(23-30)21-28-12-14-32(26(5)18-28)35-20-29-19-31(13-15-34(29)39-35)36(16-17-36)27(6)11-10-25(4)24(3)8-2/h10-15,18-20,24,30H,7-9,16-17,21-23H2,1-6H3/b25-10-,27-11+. The number of nitrogens with zero attached hydrogens (tertiary/aromatic N) is 1. The molecule has 3 aromatic rings. The number of hydrogen-bond acceptors (Lipinski definition) is 3. The first kappa shape index (κ1) is 28.1. The highest BCUT2D eigenvalue weighted by Crippen LogP contribution is 2.54. The third-order valence-corrected chi connectivity index (χ3v) is 10.6. The van der Waals surface area contributed by atoms with Gasteiger partial charge in [0.15, 0.2) is 0 Å². The summed E-state index contributed by atoms with van der Waals surface area (Å²) in [4.78, 5) is 15.9. The first-order valence-electron chi connectivity index (χ1n) is 15.0. The van der Waals surface area contributed by atoms with Gasteiger partial charge in [-0.05, 0) is 98.2 Å². The van der Waals surface area contributed by atoms with Crippen LogP contribution in [0.5, 0.6) is 0 Å². The topological polar surface area (TPSA) is 20.3 Å². The summed E-state index contributed by atoms with van der Waals surface area (Å²) < 4.78 is 1.37. The van der Waals surface area contributed by atoms with E-state index in [0.717, 1.165) is 32.5 Å². The van der Waals surface area contributed by atoms with Gasteiger partial charge in [-0.3, -0.25) is 9.69 Å². The number of thiophene rings is 1. The molecular formula is C36H45NOS. The van der Waals surface area contributed by atoms with E-state index in [9.17, 15) is 4.79 Å². The maximum absolute atomic E-state index is 12.1. The van der Waals surface area contributed by atoms with Gasteiger partial charge in [0.1, 0.15) is 5.78 Å². The van der Waals surface area contributed by atoms with E-state index in [2.05, 4.69) is 101 Å². The molecule has 2 aliphatic rings. The van der Waals surface area contributed by atoms with Crippen molar-refractivity contribution >= 4 is 27.2 Å². The monoisotopic (exact) mass is 539 g/mol. The van der Waals surface area contributed by atoms with Gasteiger partial charge < -0.3 is 0 Å². The lowest BCUT2D eigenvalue weighted by Crippen LogP contribution is -2.49. The number of fused-ring (bicyclic) bond motifs is 1. The molecule has 1 saturated carbocycles. The molecule has 206 valence electrons. The molecule has 5 rings (SSSR count). The lowest BCUT2D eigenvalue weighted by Gasteiger charge is -2.38. The van der Waals surface area contributed by atoms with E-state index in [1.165, 1.54) is 67.6 Å². The Morgan fingerprint density at radius 2 is 1.85 bits per heavy atom. The van der Waals surface area contributed by atoms with Gasteiger partial charge in [0.05, 0.1) is 0 Å². The molecule has 2 fully saturated rings. The fourth-order valence-electron chi connectivity index (χ4n) is 6.12. The summed E-state index contributed by atoms with van der Waals surface area (Å²) >= 11 is 1.90. The number of likely N-dealkylation sites (tertiary alicyclic amines) is 1. The molecule has 0 N–H and O–H groups in total. The van der Waals surface area contributed by atoms with Crippen LogP contribution in [-0.4, -0.2) is 23.8 Å². The summed E-state index contributed by atoms with van der Waals surface area (Å²) in [5.74, 6) is 1.35. The maximum Gasteiger partial charge on any atom is 0.138 e. The second kappa shape index (κ2) is 11.6. The average molecular weight is 540 g/mol. The molecule has 1 saturated heterocycles. The van der Waals surface area contributed by atoms with E-state index in [1.807, 2.05) is 11.3 Å². The smallest absolute Gasteiger partial charge is 0.138 e. The van der Waals surface area contributed by atoms with Crippen molar-refractivity contribution in [1.29, 1.82) is 0 Å². The Hall–Kier alpha value is -2.49. The summed E-state index contributed by atoms with van der Waals surface area (Å²) in [6.07, 6.45) is 10.1. The van der Waals surface area contributed by atoms with Crippen LogP contribution < -0.4 is 0 Å². The number of ketones is 1. The number of hydrogen-bond donors (Lipinski definition) is 0. The summed E-state index contributed by atoms with van der Waals surface area (Å²) in [5, 5.41) is 1.37. The van der Waals surface area contributed by atoms with E-state index in [1.54, 1.807) is 0 Å². The third kappa shape index (κ3) is 5.86. The number of allylic oxidation sites excluding steroid dienone is 4. The minimum absolute atomic E-state index is 0.219. The number of aryl methyl sites for hydroxylation is 1. The lowest BCUT2D eigenvalue weighted by atomic mass is 9.87. The van der Waals surface area contributed by atoms with E-state index in [-0.39, 0.29) is 11.3 Å². The van der Waals surface area contributed by atoms with E-state index < -0.39 is 0 Å². The molecule has 2 heterocycles. The average Bonchev–Trinajstić information content (AvgIpc) is 3.61. The first-order valence-corrected chi connectivity index (χ1v) is 15.8. The van der Waals surface area contributed by atoms with Crippen molar-refractivity contribution in [3.63, 3.8) is 0 Å². The van der Waals surface area contributed by atoms with Gasteiger partial charge >= 0.3 is 0 Å². The molecule has 1 aromatic heterocycles. The van der Waals surface area contributed by atoms with Crippen molar-refractivity contribution in [2.24, 2.45) is 11.8 Å². The van der Waals surface area contributed by atoms with Gasteiger partial charge in [-0.1, -0.05) is 68.3 Å². The Kier molecular flexibility index (Phi) is 8.31. The van der Waals surface area contributed by atoms with E-state index in [4.69, 9.17) is 0 Å². The van der Waals surface area contributed by atoms with Crippen molar-refractivity contribution in [2.75, 3.05) is 13.1 Å². The summed E-state index contributed by atoms with van der Waals surface area (Å²) in [6, 6.07) is 16.5. The molecule has 0 amide bonds. The minimum atomic E-state index is 0.219. The predicted molar refractivity (Wildman–Crippen MR) is 169 cm³/mol. The molecule has 3 heteroatoms. The molecule has 2 nitrogen and oxygen atoms in total. The number of rotatable bonds is 11. The van der Waals surface area contributed by atoms with Crippen molar-refractivity contribution in [1.82, 2.24) is 4.90 Å². The Bertz CT molecular complexity index is 1410. The molecule has 1 unspecified atom stereocenters. The number of benzene rings is 2. The number of Topliss-reactive ketones (excluding diaryl/α,β-unsaturated/α-hetero) is 1. The van der Waals surface area contributed by atoms with Crippen LogP contribution in [-0.2, 0) is 16.8 Å². The summed E-state index contributed by atoms with van der Waals surface area (Å²) in [5.41, 5.74) is 8.68. The fraction of sp³-hybridized carbons (Fsp3) is 0.472. The quantitative estimate of drug-likeness (QED) is 0.226. The molecule has 0 bridgehead atoms. The molecule has 0 spiro atoms. The van der Waals surface area contributed by atoms with Gasteiger partial charge in [-0.25, -0.2) is 0 Å².